The quantitative estimate of drug-likeness (QED) is 0.494. The van der Waals surface area contributed by atoms with Gasteiger partial charge in [-0.3, -0.25) is 9.59 Å². The molecule has 0 radical (unpaired) electrons. The second-order valence-corrected chi connectivity index (χ2v) is 8.41. The third-order valence-corrected chi connectivity index (χ3v) is 5.92. The predicted molar refractivity (Wildman–Crippen MR) is 126 cm³/mol. The summed E-state index contributed by atoms with van der Waals surface area (Å²) in [5, 5.41) is 7.94. The monoisotopic (exact) mass is 457 g/mol. The summed E-state index contributed by atoms with van der Waals surface area (Å²) in [4.78, 5) is 28.6. The lowest BCUT2D eigenvalue weighted by molar-refractivity contribution is -0.114. The van der Waals surface area contributed by atoms with E-state index in [0.717, 1.165) is 22.5 Å². The molecule has 2 amide bonds. The number of carbonyl (C=O) groups is 2. The van der Waals surface area contributed by atoms with Gasteiger partial charge in [0.2, 0.25) is 11.8 Å². The summed E-state index contributed by atoms with van der Waals surface area (Å²) in [6, 6.07) is 13.1. The van der Waals surface area contributed by atoms with Crippen molar-refractivity contribution in [1.29, 1.82) is 0 Å². The number of aryl methyl sites for hydroxylation is 1. The molecule has 3 aromatic rings. The van der Waals surface area contributed by atoms with Crippen molar-refractivity contribution in [2.24, 2.45) is 0 Å². The summed E-state index contributed by atoms with van der Waals surface area (Å²) in [5.41, 5.74) is 3.45. The van der Waals surface area contributed by atoms with E-state index in [1.165, 1.54) is 23.1 Å². The fourth-order valence-corrected chi connectivity index (χ4v) is 4.04. The number of rotatable bonds is 9. The molecule has 0 saturated heterocycles. The van der Waals surface area contributed by atoms with Gasteiger partial charge in [-0.1, -0.05) is 17.7 Å². The van der Waals surface area contributed by atoms with Crippen molar-refractivity contribution in [3.63, 3.8) is 0 Å². The fraction of sp³-hybridized carbons (Fsp3) is 0.227. The molecule has 0 atom stereocenters. The first-order valence-electron chi connectivity index (χ1n) is 9.40. The van der Waals surface area contributed by atoms with Crippen molar-refractivity contribution in [2.45, 2.75) is 6.92 Å². The van der Waals surface area contributed by atoms with Gasteiger partial charge in [0.15, 0.2) is 16.6 Å². The molecule has 0 bridgehead atoms. The van der Waals surface area contributed by atoms with Crippen LogP contribution in [-0.4, -0.2) is 42.5 Å². The van der Waals surface area contributed by atoms with E-state index in [-0.39, 0.29) is 23.3 Å². The van der Waals surface area contributed by atoms with Crippen molar-refractivity contribution < 1.29 is 19.1 Å². The predicted octanol–water partition coefficient (Wildman–Crippen LogP) is 4.45. The van der Waals surface area contributed by atoms with Crippen molar-refractivity contribution in [3.05, 3.63) is 53.4 Å². The average Bonchev–Trinajstić information content (AvgIpc) is 3.23. The zero-order chi connectivity index (χ0) is 22.2. The SMILES string of the molecule is COc1ccc(-c2csc(NC(=O)CSCC(=O)Nc3ccc(C)cc3)n2)cc1OC. The molecule has 31 heavy (non-hydrogen) atoms. The second kappa shape index (κ2) is 10.8. The molecule has 0 spiro atoms. The Morgan fingerprint density at radius 2 is 1.65 bits per heavy atom. The highest BCUT2D eigenvalue weighted by atomic mass is 32.2. The van der Waals surface area contributed by atoms with Gasteiger partial charge in [0.1, 0.15) is 0 Å². The first-order chi connectivity index (χ1) is 15.0. The van der Waals surface area contributed by atoms with Gasteiger partial charge >= 0.3 is 0 Å². The van der Waals surface area contributed by atoms with Crippen LogP contribution in [0.15, 0.2) is 47.8 Å². The van der Waals surface area contributed by atoms with Crippen LogP contribution in [0.5, 0.6) is 11.5 Å². The Labute approximate surface area is 189 Å². The van der Waals surface area contributed by atoms with E-state index in [1.54, 1.807) is 14.2 Å². The Balaban J connectivity index is 1.47. The van der Waals surface area contributed by atoms with E-state index in [1.807, 2.05) is 54.8 Å². The summed E-state index contributed by atoms with van der Waals surface area (Å²) in [6.07, 6.45) is 0. The van der Waals surface area contributed by atoms with Gasteiger partial charge in [-0.05, 0) is 37.3 Å². The first kappa shape index (κ1) is 22.6. The van der Waals surface area contributed by atoms with Crippen LogP contribution < -0.4 is 20.1 Å². The van der Waals surface area contributed by atoms with Crippen LogP contribution >= 0.6 is 23.1 Å². The van der Waals surface area contributed by atoms with Crippen molar-refractivity contribution in [2.75, 3.05) is 36.4 Å². The summed E-state index contributed by atoms with van der Waals surface area (Å²) in [6.45, 7) is 1.99. The number of thiazole rings is 1. The van der Waals surface area contributed by atoms with Crippen molar-refractivity contribution in [1.82, 2.24) is 4.98 Å². The third-order valence-electron chi connectivity index (χ3n) is 4.23. The van der Waals surface area contributed by atoms with Gasteiger partial charge < -0.3 is 20.1 Å². The van der Waals surface area contributed by atoms with E-state index in [9.17, 15) is 9.59 Å². The Hall–Kier alpha value is -3.04. The topological polar surface area (TPSA) is 89.5 Å². The molecule has 2 N–H and O–H groups in total. The van der Waals surface area contributed by atoms with Gasteiger partial charge in [-0.15, -0.1) is 23.1 Å². The molecule has 9 heteroatoms. The molecule has 1 heterocycles. The van der Waals surface area contributed by atoms with E-state index in [0.29, 0.717) is 16.6 Å². The van der Waals surface area contributed by atoms with Gasteiger partial charge in [0, 0.05) is 16.6 Å². The molecule has 0 aliphatic heterocycles. The number of carbonyl (C=O) groups excluding carboxylic acids is 2. The zero-order valence-corrected chi connectivity index (χ0v) is 19.1. The summed E-state index contributed by atoms with van der Waals surface area (Å²) < 4.78 is 10.6. The minimum atomic E-state index is -0.207. The average molecular weight is 458 g/mol. The number of ether oxygens (including phenoxy) is 2. The van der Waals surface area contributed by atoms with Crippen molar-refractivity contribution >= 4 is 45.7 Å². The number of anilines is 2. The molecule has 0 aliphatic carbocycles. The Morgan fingerprint density at radius 3 is 2.32 bits per heavy atom. The van der Waals surface area contributed by atoms with Crippen LogP contribution in [0.1, 0.15) is 5.56 Å². The highest BCUT2D eigenvalue weighted by Crippen LogP contribution is 2.33. The van der Waals surface area contributed by atoms with Crippen LogP contribution in [0.3, 0.4) is 0 Å². The van der Waals surface area contributed by atoms with Crippen molar-refractivity contribution in [3.8, 4) is 22.8 Å². The lowest BCUT2D eigenvalue weighted by atomic mass is 10.1. The maximum Gasteiger partial charge on any atom is 0.236 e. The van der Waals surface area contributed by atoms with E-state index >= 15 is 0 Å². The smallest absolute Gasteiger partial charge is 0.236 e. The minimum Gasteiger partial charge on any atom is -0.493 e. The van der Waals surface area contributed by atoms with Crippen LogP contribution in [0, 0.1) is 6.92 Å². The number of hydrogen-bond donors (Lipinski definition) is 2. The zero-order valence-electron chi connectivity index (χ0n) is 17.4. The minimum absolute atomic E-state index is 0.147. The normalized spacial score (nSPS) is 10.4. The Kier molecular flexibility index (Phi) is 7.91. The number of methoxy groups -OCH3 is 2. The Bertz CT molecular complexity index is 1050. The van der Waals surface area contributed by atoms with E-state index < -0.39 is 0 Å². The third kappa shape index (κ3) is 6.47. The number of aromatic nitrogens is 1. The van der Waals surface area contributed by atoms with Gasteiger partial charge in [0.25, 0.3) is 0 Å². The maximum absolute atomic E-state index is 12.2. The number of amides is 2. The molecule has 0 fully saturated rings. The number of thioether (sulfide) groups is 1. The largest absolute Gasteiger partial charge is 0.493 e. The summed E-state index contributed by atoms with van der Waals surface area (Å²) in [5.74, 6) is 1.24. The highest BCUT2D eigenvalue weighted by Gasteiger charge is 2.12. The van der Waals surface area contributed by atoms with Gasteiger partial charge in [0.05, 0.1) is 31.4 Å². The fourth-order valence-electron chi connectivity index (χ4n) is 2.69. The molecule has 7 nitrogen and oxygen atoms in total. The highest BCUT2D eigenvalue weighted by molar-refractivity contribution is 8.00. The molecule has 0 saturated carbocycles. The molecule has 1 aromatic heterocycles. The first-order valence-corrected chi connectivity index (χ1v) is 11.4. The van der Waals surface area contributed by atoms with Crippen LogP contribution in [0.2, 0.25) is 0 Å². The van der Waals surface area contributed by atoms with E-state index in [2.05, 4.69) is 15.6 Å². The molecule has 3 rings (SSSR count). The standard InChI is InChI=1S/C22H23N3O4S2/c1-14-4-7-16(8-5-14)23-20(26)12-30-13-21(27)25-22-24-17(11-31-22)15-6-9-18(28-2)19(10-15)29-3/h4-11H,12-13H2,1-3H3,(H,23,26)(H,24,25,27). The second-order valence-electron chi connectivity index (χ2n) is 6.56. The number of benzene rings is 2. The Morgan fingerprint density at radius 1 is 0.968 bits per heavy atom. The van der Waals surface area contributed by atoms with Crippen LogP contribution in [0.4, 0.5) is 10.8 Å². The molecular formula is C22H23N3O4S2. The lowest BCUT2D eigenvalue weighted by Gasteiger charge is -2.08. The van der Waals surface area contributed by atoms with Gasteiger partial charge in [-0.25, -0.2) is 4.98 Å². The maximum atomic E-state index is 12.2. The molecule has 2 aromatic carbocycles. The number of nitrogens with zero attached hydrogens (tertiary/aromatic N) is 1. The lowest BCUT2D eigenvalue weighted by Crippen LogP contribution is -2.18. The molecule has 0 aliphatic rings. The number of nitrogens with one attached hydrogen (secondary N) is 2. The van der Waals surface area contributed by atoms with Gasteiger partial charge in [-0.2, -0.15) is 0 Å². The molecular weight excluding hydrogens is 434 g/mol. The van der Waals surface area contributed by atoms with Crippen LogP contribution in [0.25, 0.3) is 11.3 Å². The number of hydrogen-bond acceptors (Lipinski definition) is 7. The molecule has 0 unspecified atom stereocenters. The summed E-state index contributed by atoms with van der Waals surface area (Å²) in [7, 11) is 3.16. The molecule has 162 valence electrons. The summed E-state index contributed by atoms with van der Waals surface area (Å²) >= 11 is 2.58. The van der Waals surface area contributed by atoms with E-state index in [4.69, 9.17) is 9.47 Å². The van der Waals surface area contributed by atoms with Crippen LogP contribution in [-0.2, 0) is 9.59 Å².